The number of aromatic nitrogens is 2. The van der Waals surface area contributed by atoms with Crippen LogP contribution in [0.25, 0.3) is 27.5 Å². The van der Waals surface area contributed by atoms with Crippen LogP contribution in [0.5, 0.6) is 0 Å². The standard InChI is InChI=1S/C29H21N2OP/c32-33(25-16-6-2-7-17-25,26-18-8-3-9-19-26)29-27-20-23-14-10-11-15-24(23)21-31(27)30-28(29)22-12-4-1-5-13-22/h1-21H. The second kappa shape index (κ2) is 7.88. The molecule has 0 fully saturated rings. The Balaban J connectivity index is 1.79. The Bertz CT molecular complexity index is 1580. The fraction of sp³-hybridized carbons (Fsp3) is 0. The van der Waals surface area contributed by atoms with Crippen molar-refractivity contribution in [3.63, 3.8) is 0 Å². The highest BCUT2D eigenvalue weighted by atomic mass is 31.2. The van der Waals surface area contributed by atoms with Crippen LogP contribution in [0, 0.1) is 0 Å². The maximum atomic E-state index is 15.4. The SMILES string of the molecule is O=P(c1ccccc1)(c1ccccc1)c1c(-c2ccccc2)nn2cc3ccccc3cc12. The van der Waals surface area contributed by atoms with Crippen molar-refractivity contribution in [1.29, 1.82) is 0 Å². The van der Waals surface area contributed by atoms with E-state index in [4.69, 9.17) is 5.10 Å². The molecule has 0 atom stereocenters. The van der Waals surface area contributed by atoms with Gasteiger partial charge in [-0.15, -0.1) is 0 Å². The van der Waals surface area contributed by atoms with Crippen LogP contribution in [-0.2, 0) is 4.57 Å². The average Bonchev–Trinajstić information content (AvgIpc) is 3.27. The maximum absolute atomic E-state index is 15.4. The van der Waals surface area contributed by atoms with Crippen LogP contribution in [0.2, 0.25) is 0 Å². The number of hydrogen-bond acceptors (Lipinski definition) is 2. The van der Waals surface area contributed by atoms with Crippen LogP contribution < -0.4 is 15.9 Å². The molecule has 0 saturated heterocycles. The van der Waals surface area contributed by atoms with Gasteiger partial charge in [-0.2, -0.15) is 5.10 Å². The molecule has 0 bridgehead atoms. The first kappa shape index (κ1) is 19.7. The molecule has 2 heterocycles. The third-order valence-corrected chi connectivity index (χ3v) is 9.19. The molecule has 4 heteroatoms. The molecule has 33 heavy (non-hydrogen) atoms. The first-order valence-electron chi connectivity index (χ1n) is 10.9. The van der Waals surface area contributed by atoms with Gasteiger partial charge in [-0.3, -0.25) is 0 Å². The van der Waals surface area contributed by atoms with E-state index >= 15 is 4.57 Å². The molecule has 158 valence electrons. The molecule has 6 rings (SSSR count). The third-order valence-electron chi connectivity index (χ3n) is 6.07. The van der Waals surface area contributed by atoms with E-state index in [1.807, 2.05) is 114 Å². The van der Waals surface area contributed by atoms with Crippen molar-refractivity contribution in [2.45, 2.75) is 0 Å². The van der Waals surface area contributed by atoms with Gasteiger partial charge in [0.2, 0.25) is 0 Å². The zero-order chi connectivity index (χ0) is 22.3. The van der Waals surface area contributed by atoms with Crippen LogP contribution in [0.15, 0.2) is 128 Å². The first-order valence-corrected chi connectivity index (χ1v) is 12.6. The summed E-state index contributed by atoms with van der Waals surface area (Å²) >= 11 is 0. The van der Waals surface area contributed by atoms with Crippen molar-refractivity contribution in [3.05, 3.63) is 128 Å². The van der Waals surface area contributed by atoms with Crippen LogP contribution in [0.1, 0.15) is 0 Å². The van der Waals surface area contributed by atoms with Gasteiger partial charge >= 0.3 is 0 Å². The molecule has 0 unspecified atom stereocenters. The molecule has 6 aromatic rings. The van der Waals surface area contributed by atoms with Gasteiger partial charge in [0.05, 0.1) is 10.8 Å². The smallest absolute Gasteiger partial charge is 0.175 e. The molecule has 0 spiro atoms. The lowest BCUT2D eigenvalue weighted by Gasteiger charge is -2.20. The molecule has 2 aromatic heterocycles. The molecule has 0 aliphatic carbocycles. The second-order valence-electron chi connectivity index (χ2n) is 8.08. The van der Waals surface area contributed by atoms with Crippen molar-refractivity contribution >= 4 is 39.3 Å². The highest BCUT2D eigenvalue weighted by molar-refractivity contribution is 7.86. The van der Waals surface area contributed by atoms with Crippen LogP contribution in [0.4, 0.5) is 0 Å². The number of rotatable bonds is 4. The molecular weight excluding hydrogens is 423 g/mol. The fourth-order valence-corrected chi connectivity index (χ4v) is 7.45. The van der Waals surface area contributed by atoms with E-state index in [9.17, 15) is 0 Å². The maximum Gasteiger partial charge on any atom is 0.175 e. The van der Waals surface area contributed by atoms with Gasteiger partial charge in [-0.05, 0) is 11.5 Å². The first-order chi connectivity index (χ1) is 16.2. The summed E-state index contributed by atoms with van der Waals surface area (Å²) in [6.45, 7) is 0. The molecular formula is C29H21N2OP. The van der Waals surface area contributed by atoms with Gasteiger partial charge < -0.3 is 4.57 Å². The molecule has 0 saturated carbocycles. The lowest BCUT2D eigenvalue weighted by Crippen LogP contribution is -2.26. The van der Waals surface area contributed by atoms with Crippen molar-refractivity contribution in [2.24, 2.45) is 0 Å². The Morgan fingerprint density at radius 3 is 1.73 bits per heavy atom. The van der Waals surface area contributed by atoms with E-state index < -0.39 is 7.14 Å². The summed E-state index contributed by atoms with van der Waals surface area (Å²) in [4.78, 5) is 0. The van der Waals surface area contributed by atoms with Gasteiger partial charge in [0, 0.05) is 27.8 Å². The Kier molecular flexibility index (Phi) is 4.71. The number of fused-ring (bicyclic) bond motifs is 2. The van der Waals surface area contributed by atoms with E-state index in [1.54, 1.807) is 0 Å². The zero-order valence-electron chi connectivity index (χ0n) is 17.9. The summed E-state index contributed by atoms with van der Waals surface area (Å²) in [7, 11) is -3.24. The largest absolute Gasteiger partial charge is 0.308 e. The van der Waals surface area contributed by atoms with Gasteiger partial charge in [0.1, 0.15) is 5.69 Å². The number of pyridine rings is 1. The molecule has 0 amide bonds. The normalized spacial score (nSPS) is 11.8. The second-order valence-corrected chi connectivity index (χ2v) is 10.8. The van der Waals surface area contributed by atoms with Gasteiger partial charge in [-0.25, -0.2) is 4.52 Å². The Hall–Kier alpha value is -3.94. The highest BCUT2D eigenvalue weighted by Crippen LogP contribution is 2.46. The van der Waals surface area contributed by atoms with E-state index in [0.717, 1.165) is 43.5 Å². The van der Waals surface area contributed by atoms with E-state index in [2.05, 4.69) is 18.2 Å². The predicted molar refractivity (Wildman–Crippen MR) is 138 cm³/mol. The van der Waals surface area contributed by atoms with Crippen molar-refractivity contribution in [2.75, 3.05) is 0 Å². The average molecular weight is 444 g/mol. The minimum atomic E-state index is -3.24. The van der Waals surface area contributed by atoms with Crippen molar-refractivity contribution in [1.82, 2.24) is 9.61 Å². The third kappa shape index (κ3) is 3.21. The van der Waals surface area contributed by atoms with E-state index in [-0.39, 0.29) is 0 Å². The molecule has 0 aliphatic heterocycles. The summed E-state index contributed by atoms with van der Waals surface area (Å²) in [5, 5.41) is 9.56. The minimum absolute atomic E-state index is 0.752. The summed E-state index contributed by atoms with van der Waals surface area (Å²) in [6, 6.07) is 40.0. The number of benzene rings is 4. The van der Waals surface area contributed by atoms with Crippen molar-refractivity contribution in [3.8, 4) is 11.3 Å². The summed E-state index contributed by atoms with van der Waals surface area (Å²) in [6.07, 6.45) is 2.03. The van der Waals surface area contributed by atoms with E-state index in [0.29, 0.717) is 0 Å². The molecule has 0 N–H and O–H groups in total. The van der Waals surface area contributed by atoms with E-state index in [1.165, 1.54) is 0 Å². The summed E-state index contributed by atoms with van der Waals surface area (Å²) in [5.41, 5.74) is 2.57. The van der Waals surface area contributed by atoms with Crippen LogP contribution >= 0.6 is 7.14 Å². The van der Waals surface area contributed by atoms with Crippen LogP contribution in [-0.4, -0.2) is 9.61 Å². The molecule has 3 nitrogen and oxygen atoms in total. The van der Waals surface area contributed by atoms with Crippen molar-refractivity contribution < 1.29 is 4.57 Å². The fourth-order valence-electron chi connectivity index (χ4n) is 4.49. The molecule has 0 aliphatic rings. The molecule has 4 aromatic carbocycles. The van der Waals surface area contributed by atoms with Gasteiger partial charge in [0.15, 0.2) is 7.14 Å². The molecule has 0 radical (unpaired) electrons. The number of hydrogen-bond donors (Lipinski definition) is 0. The zero-order valence-corrected chi connectivity index (χ0v) is 18.8. The number of nitrogens with zero attached hydrogens (tertiary/aromatic N) is 2. The Labute approximate surface area is 192 Å². The van der Waals surface area contributed by atoms with Crippen LogP contribution in [0.3, 0.4) is 0 Å². The lowest BCUT2D eigenvalue weighted by atomic mass is 10.1. The van der Waals surface area contributed by atoms with Gasteiger partial charge in [0.25, 0.3) is 0 Å². The Morgan fingerprint density at radius 1 is 0.606 bits per heavy atom. The minimum Gasteiger partial charge on any atom is -0.308 e. The lowest BCUT2D eigenvalue weighted by molar-refractivity contribution is 0.592. The topological polar surface area (TPSA) is 34.4 Å². The van der Waals surface area contributed by atoms with Gasteiger partial charge in [-0.1, -0.05) is 115 Å². The Morgan fingerprint density at radius 2 is 1.12 bits per heavy atom. The predicted octanol–water partition coefficient (Wildman–Crippen LogP) is 5.79. The summed E-state index contributed by atoms with van der Waals surface area (Å²) < 4.78 is 17.3. The quantitative estimate of drug-likeness (QED) is 0.323. The monoisotopic (exact) mass is 444 g/mol. The summed E-state index contributed by atoms with van der Waals surface area (Å²) in [5.74, 6) is 0. The highest BCUT2D eigenvalue weighted by Gasteiger charge is 2.36.